The van der Waals surface area contributed by atoms with Gasteiger partial charge in [0, 0.05) is 48.0 Å². The Kier molecular flexibility index (Phi) is 4.99. The second kappa shape index (κ2) is 6.80. The number of amides is 1. The van der Waals surface area contributed by atoms with Gasteiger partial charge in [-0.15, -0.1) is 0 Å². The SMILES string of the molecule is CC(C)(C)OC(=O)N1CCN(c2ccc3c(c2)OC(C)(C)C(Br)=C3)CC1. The van der Waals surface area contributed by atoms with Crippen molar-refractivity contribution in [2.24, 2.45) is 0 Å². The highest BCUT2D eigenvalue weighted by Gasteiger charge is 2.30. The van der Waals surface area contributed by atoms with Crippen LogP contribution in [0.25, 0.3) is 6.08 Å². The minimum atomic E-state index is -0.460. The lowest BCUT2D eigenvalue weighted by Gasteiger charge is -2.37. The summed E-state index contributed by atoms with van der Waals surface area (Å²) in [4.78, 5) is 16.3. The van der Waals surface area contributed by atoms with Crippen molar-refractivity contribution >= 4 is 33.8 Å². The molecule has 2 heterocycles. The van der Waals surface area contributed by atoms with Crippen LogP contribution in [0.1, 0.15) is 40.2 Å². The quantitative estimate of drug-likeness (QED) is 0.660. The molecule has 1 saturated heterocycles. The Bertz CT molecular complexity index is 729. The molecule has 1 aromatic carbocycles. The van der Waals surface area contributed by atoms with E-state index in [1.54, 1.807) is 4.90 Å². The summed E-state index contributed by atoms with van der Waals surface area (Å²) in [6.45, 7) is 12.6. The van der Waals surface area contributed by atoms with Crippen molar-refractivity contribution in [1.29, 1.82) is 0 Å². The maximum atomic E-state index is 12.2. The van der Waals surface area contributed by atoms with Gasteiger partial charge in [-0.05, 0) is 52.8 Å². The molecule has 0 unspecified atom stereocenters. The number of halogens is 1. The fraction of sp³-hybridized carbons (Fsp3) is 0.550. The van der Waals surface area contributed by atoms with Gasteiger partial charge in [0.2, 0.25) is 0 Å². The van der Waals surface area contributed by atoms with E-state index in [-0.39, 0.29) is 11.7 Å². The van der Waals surface area contributed by atoms with E-state index in [1.807, 2.05) is 34.6 Å². The van der Waals surface area contributed by atoms with Crippen LogP contribution >= 0.6 is 15.9 Å². The van der Waals surface area contributed by atoms with Gasteiger partial charge in [-0.2, -0.15) is 0 Å². The topological polar surface area (TPSA) is 42.0 Å². The predicted octanol–water partition coefficient (Wildman–Crippen LogP) is 4.65. The lowest BCUT2D eigenvalue weighted by atomic mass is 10.0. The number of carbonyl (C=O) groups excluding carboxylic acids is 1. The minimum Gasteiger partial charge on any atom is -0.482 e. The second-order valence-corrected chi connectivity index (χ2v) is 9.14. The van der Waals surface area contributed by atoms with E-state index in [9.17, 15) is 4.79 Å². The summed E-state index contributed by atoms with van der Waals surface area (Å²) in [6.07, 6.45) is 1.88. The van der Waals surface area contributed by atoms with Crippen LogP contribution in [0, 0.1) is 0 Å². The summed E-state index contributed by atoms with van der Waals surface area (Å²) in [5, 5.41) is 0. The highest BCUT2D eigenvalue weighted by Crippen LogP contribution is 2.40. The molecular formula is C20H27BrN2O3. The third kappa shape index (κ3) is 4.17. The molecule has 5 nitrogen and oxygen atoms in total. The van der Waals surface area contributed by atoms with E-state index in [2.05, 4.69) is 45.1 Å². The summed E-state index contributed by atoms with van der Waals surface area (Å²) in [5.74, 6) is 0.894. The summed E-state index contributed by atoms with van der Waals surface area (Å²) in [5.41, 5.74) is 1.38. The number of carbonyl (C=O) groups is 1. The van der Waals surface area contributed by atoms with E-state index in [1.165, 1.54) is 0 Å². The number of rotatable bonds is 1. The summed E-state index contributed by atoms with van der Waals surface area (Å²) in [7, 11) is 0. The van der Waals surface area contributed by atoms with Gasteiger partial charge in [0.15, 0.2) is 0 Å². The molecule has 26 heavy (non-hydrogen) atoms. The summed E-state index contributed by atoms with van der Waals surface area (Å²) >= 11 is 3.59. The maximum absolute atomic E-state index is 12.2. The molecule has 0 atom stereocenters. The van der Waals surface area contributed by atoms with Crippen LogP contribution in [0.3, 0.4) is 0 Å². The Labute approximate surface area is 164 Å². The van der Waals surface area contributed by atoms with E-state index in [4.69, 9.17) is 9.47 Å². The second-order valence-electron chi connectivity index (χ2n) is 8.28. The number of anilines is 1. The molecule has 0 saturated carbocycles. The standard InChI is InChI=1S/C20H27BrN2O3/c1-19(2,3)26-18(24)23-10-8-22(9-11-23)15-7-6-14-12-17(21)20(4,5)25-16(14)13-15/h6-7,12-13H,8-11H2,1-5H3. The van der Waals surface area contributed by atoms with E-state index in [0.29, 0.717) is 13.1 Å². The van der Waals surface area contributed by atoms with Crippen LogP contribution in [0.15, 0.2) is 22.7 Å². The Balaban J connectivity index is 1.67. The molecule has 0 aromatic heterocycles. The number of hydrogen-bond acceptors (Lipinski definition) is 4. The highest BCUT2D eigenvalue weighted by atomic mass is 79.9. The van der Waals surface area contributed by atoms with Gasteiger partial charge in [0.05, 0.1) is 0 Å². The van der Waals surface area contributed by atoms with Crippen molar-refractivity contribution in [3.63, 3.8) is 0 Å². The number of piperazine rings is 1. The molecule has 1 aromatic rings. The average Bonchev–Trinajstić information content (AvgIpc) is 2.54. The molecule has 3 rings (SSSR count). The van der Waals surface area contributed by atoms with E-state index < -0.39 is 5.60 Å². The first-order valence-corrected chi connectivity index (χ1v) is 9.78. The van der Waals surface area contributed by atoms with Gasteiger partial charge in [-0.1, -0.05) is 15.9 Å². The molecule has 142 valence electrons. The number of fused-ring (bicyclic) bond motifs is 1. The zero-order valence-electron chi connectivity index (χ0n) is 16.1. The molecule has 0 bridgehead atoms. The molecule has 0 radical (unpaired) electrons. The smallest absolute Gasteiger partial charge is 0.410 e. The number of nitrogens with zero attached hydrogens (tertiary/aromatic N) is 2. The van der Waals surface area contributed by atoms with Gasteiger partial charge in [0.1, 0.15) is 17.0 Å². The van der Waals surface area contributed by atoms with Crippen LogP contribution in [-0.4, -0.2) is 48.4 Å². The minimum absolute atomic E-state index is 0.234. The number of ether oxygens (including phenoxy) is 2. The molecule has 0 spiro atoms. The van der Waals surface area contributed by atoms with Crippen molar-refractivity contribution in [3.05, 3.63) is 28.2 Å². The number of benzene rings is 1. The molecule has 0 aliphatic carbocycles. The van der Waals surface area contributed by atoms with Crippen molar-refractivity contribution in [1.82, 2.24) is 4.90 Å². The molecule has 6 heteroatoms. The predicted molar refractivity (Wildman–Crippen MR) is 108 cm³/mol. The lowest BCUT2D eigenvalue weighted by Crippen LogP contribution is -2.50. The van der Waals surface area contributed by atoms with Crippen LogP contribution in [-0.2, 0) is 4.74 Å². The van der Waals surface area contributed by atoms with Crippen molar-refractivity contribution in [2.45, 2.75) is 45.8 Å². The zero-order valence-corrected chi connectivity index (χ0v) is 17.7. The van der Waals surface area contributed by atoms with Crippen LogP contribution in [0.2, 0.25) is 0 Å². The normalized spacial score (nSPS) is 19.4. The Hall–Kier alpha value is -1.69. The molecule has 1 amide bonds. The maximum Gasteiger partial charge on any atom is 0.410 e. The monoisotopic (exact) mass is 422 g/mol. The zero-order chi connectivity index (χ0) is 19.1. The van der Waals surface area contributed by atoms with Crippen molar-refractivity contribution in [3.8, 4) is 5.75 Å². The highest BCUT2D eigenvalue weighted by molar-refractivity contribution is 9.11. The third-order valence-electron chi connectivity index (χ3n) is 4.52. The molecule has 2 aliphatic rings. The first-order valence-electron chi connectivity index (χ1n) is 8.99. The molecule has 0 N–H and O–H groups in total. The molecular weight excluding hydrogens is 396 g/mol. The Morgan fingerprint density at radius 2 is 1.85 bits per heavy atom. The van der Waals surface area contributed by atoms with Gasteiger partial charge in [-0.25, -0.2) is 4.79 Å². The summed E-state index contributed by atoms with van der Waals surface area (Å²) in [6, 6.07) is 6.29. The van der Waals surface area contributed by atoms with Crippen LogP contribution in [0.5, 0.6) is 5.75 Å². The first kappa shape index (κ1) is 19.1. The fourth-order valence-electron chi connectivity index (χ4n) is 3.04. The molecule has 1 fully saturated rings. The average molecular weight is 423 g/mol. The van der Waals surface area contributed by atoms with Gasteiger partial charge < -0.3 is 19.3 Å². The lowest BCUT2D eigenvalue weighted by molar-refractivity contribution is 0.0240. The fourth-order valence-corrected chi connectivity index (χ4v) is 3.36. The Morgan fingerprint density at radius 1 is 1.19 bits per heavy atom. The molecule has 2 aliphatic heterocycles. The summed E-state index contributed by atoms with van der Waals surface area (Å²) < 4.78 is 12.7. The number of hydrogen-bond donors (Lipinski definition) is 0. The van der Waals surface area contributed by atoms with Gasteiger partial charge in [0.25, 0.3) is 0 Å². The van der Waals surface area contributed by atoms with Crippen LogP contribution in [0.4, 0.5) is 10.5 Å². The first-order chi connectivity index (χ1) is 12.0. The largest absolute Gasteiger partial charge is 0.482 e. The van der Waals surface area contributed by atoms with E-state index in [0.717, 1.165) is 34.6 Å². The van der Waals surface area contributed by atoms with E-state index >= 15 is 0 Å². The van der Waals surface area contributed by atoms with Gasteiger partial charge in [-0.3, -0.25) is 0 Å². The van der Waals surface area contributed by atoms with Crippen LogP contribution < -0.4 is 9.64 Å². The van der Waals surface area contributed by atoms with Crippen molar-refractivity contribution in [2.75, 3.05) is 31.1 Å². The van der Waals surface area contributed by atoms with Gasteiger partial charge >= 0.3 is 6.09 Å². The van der Waals surface area contributed by atoms with Crippen molar-refractivity contribution < 1.29 is 14.3 Å². The Morgan fingerprint density at radius 3 is 2.46 bits per heavy atom. The third-order valence-corrected chi connectivity index (χ3v) is 5.70.